The molecule has 0 aliphatic rings. The van der Waals surface area contributed by atoms with Gasteiger partial charge >= 0.3 is 12.3 Å². The van der Waals surface area contributed by atoms with E-state index in [1.165, 1.54) is 36.6 Å². The zero-order valence-corrected chi connectivity index (χ0v) is 24.7. The molecule has 0 spiro atoms. The minimum atomic E-state index is -2.98. The number of ether oxygens (including phenoxy) is 2. The third kappa shape index (κ3) is 8.49. The van der Waals surface area contributed by atoms with Crippen molar-refractivity contribution in [3.8, 4) is 17.4 Å². The Bertz CT molecular complexity index is 1760. The number of pyridine rings is 1. The molecule has 0 fully saturated rings. The smallest absolute Gasteiger partial charge is 0.387 e. The number of anilines is 2. The van der Waals surface area contributed by atoms with E-state index in [0.717, 1.165) is 10.8 Å². The summed E-state index contributed by atoms with van der Waals surface area (Å²) in [7, 11) is 0. The molecule has 2 N–H and O–H groups in total. The Morgan fingerprint density at radius 1 is 1.05 bits per heavy atom. The molecule has 2 heterocycles. The lowest BCUT2D eigenvalue weighted by Gasteiger charge is -2.25. The molecule has 232 valence electrons. The molecule has 0 saturated heterocycles. The number of nitrogens with zero attached hydrogens (tertiary/aromatic N) is 3. The van der Waals surface area contributed by atoms with E-state index in [-0.39, 0.29) is 24.0 Å². The second kappa shape index (κ2) is 13.8. The molecule has 2 aromatic carbocycles. The van der Waals surface area contributed by atoms with Crippen LogP contribution in [0.2, 0.25) is 5.02 Å². The Hall–Kier alpha value is -4.60. The van der Waals surface area contributed by atoms with E-state index in [1.54, 1.807) is 53.3 Å². The van der Waals surface area contributed by atoms with Crippen molar-refractivity contribution in [2.75, 3.05) is 5.32 Å². The van der Waals surface area contributed by atoms with Gasteiger partial charge in [0.1, 0.15) is 17.3 Å². The van der Waals surface area contributed by atoms with Crippen LogP contribution < -0.4 is 30.8 Å². The maximum absolute atomic E-state index is 13.7. The number of carbonyl (C=O) groups is 1. The molecule has 1 amide bonds. The fourth-order valence-electron chi connectivity index (χ4n) is 3.95. The standard InChI is InChI=1S/C28H26ClF2N5O7S/c1-28(2,25(38)34-44(40)41)16-36-24(37)13-22(35(27(36)39)15-17-3-5-18(29)6-4-17)33-19-7-9-20(10-8-19)42-23-12-11-21(14-32-23)43-26(30)31/h3-14,26,33H,15-16H2,1-2H3,(H,34,38)(H,40,41)/p-1. The number of amides is 1. The number of hydrogen-bond acceptors (Lipinski definition) is 9. The number of benzene rings is 2. The SMILES string of the molecule is CC(C)(Cn1c(=O)cc(Nc2ccc(Oc3ccc(OC(F)F)cn3)cc2)n(Cc2ccc(Cl)cc2)c1=O)C(=O)NS(=O)[O-]. The topological polar surface area (TPSA) is 157 Å². The Morgan fingerprint density at radius 2 is 1.70 bits per heavy atom. The average Bonchev–Trinajstić information content (AvgIpc) is 2.95. The van der Waals surface area contributed by atoms with Gasteiger partial charge in [0.2, 0.25) is 11.8 Å². The van der Waals surface area contributed by atoms with Crippen LogP contribution in [0, 0.1) is 5.41 Å². The molecule has 1 unspecified atom stereocenters. The van der Waals surface area contributed by atoms with Gasteiger partial charge in [0.05, 0.1) is 18.2 Å². The molecule has 0 aliphatic heterocycles. The molecule has 1 atom stereocenters. The third-order valence-corrected chi connectivity index (χ3v) is 6.76. The van der Waals surface area contributed by atoms with Crippen LogP contribution in [0.1, 0.15) is 19.4 Å². The van der Waals surface area contributed by atoms with Crippen molar-refractivity contribution in [1.82, 2.24) is 18.8 Å². The monoisotopic (exact) mass is 648 g/mol. The van der Waals surface area contributed by atoms with Gasteiger partial charge in [0, 0.05) is 40.7 Å². The summed E-state index contributed by atoms with van der Waals surface area (Å²) in [6, 6.07) is 16.9. The molecule has 16 heteroatoms. The number of nitrogens with one attached hydrogen (secondary N) is 2. The summed E-state index contributed by atoms with van der Waals surface area (Å²) < 4.78 is 60.4. The summed E-state index contributed by atoms with van der Waals surface area (Å²) in [6.07, 6.45) is 1.10. The summed E-state index contributed by atoms with van der Waals surface area (Å²) in [5.41, 5.74) is -1.74. The maximum atomic E-state index is 13.7. The van der Waals surface area contributed by atoms with E-state index in [1.807, 2.05) is 0 Å². The van der Waals surface area contributed by atoms with Crippen molar-refractivity contribution < 1.29 is 31.8 Å². The highest BCUT2D eigenvalue weighted by Gasteiger charge is 2.30. The molecule has 0 radical (unpaired) electrons. The van der Waals surface area contributed by atoms with Crippen LogP contribution in [0.15, 0.2) is 82.5 Å². The minimum Gasteiger partial charge on any atom is -0.755 e. The van der Waals surface area contributed by atoms with Gasteiger partial charge in [-0.3, -0.25) is 27.7 Å². The van der Waals surface area contributed by atoms with Crippen molar-refractivity contribution >= 4 is 40.3 Å². The van der Waals surface area contributed by atoms with Crippen LogP contribution in [0.5, 0.6) is 17.4 Å². The van der Waals surface area contributed by atoms with E-state index in [0.29, 0.717) is 22.0 Å². The largest absolute Gasteiger partial charge is 0.755 e. The number of aromatic nitrogens is 3. The van der Waals surface area contributed by atoms with Gasteiger partial charge in [-0.25, -0.2) is 9.78 Å². The van der Waals surface area contributed by atoms with Crippen molar-refractivity contribution in [3.63, 3.8) is 0 Å². The Kier molecular flexibility index (Phi) is 10.1. The molecule has 4 aromatic rings. The zero-order valence-electron chi connectivity index (χ0n) is 23.2. The van der Waals surface area contributed by atoms with Crippen molar-refractivity contribution in [2.24, 2.45) is 5.41 Å². The summed E-state index contributed by atoms with van der Waals surface area (Å²) in [5.74, 6) is -0.383. The molecule has 2 aromatic heterocycles. The molecule has 0 bridgehead atoms. The van der Waals surface area contributed by atoms with Gasteiger partial charge in [-0.1, -0.05) is 23.7 Å². The zero-order chi connectivity index (χ0) is 32.0. The first kappa shape index (κ1) is 32.3. The van der Waals surface area contributed by atoms with E-state index >= 15 is 0 Å². The summed E-state index contributed by atoms with van der Waals surface area (Å²) in [6.45, 7) is -0.546. The molecular weight excluding hydrogens is 624 g/mol. The van der Waals surface area contributed by atoms with Crippen LogP contribution in [0.25, 0.3) is 0 Å². The highest BCUT2D eigenvalue weighted by molar-refractivity contribution is 7.77. The number of alkyl halides is 2. The van der Waals surface area contributed by atoms with Crippen molar-refractivity contribution in [3.05, 3.63) is 104 Å². The number of halogens is 3. The summed E-state index contributed by atoms with van der Waals surface area (Å²) in [5, 5.41) is 3.53. The van der Waals surface area contributed by atoms with Gasteiger partial charge in [0.25, 0.3) is 5.56 Å². The fraction of sp³-hybridized carbons (Fsp3) is 0.214. The van der Waals surface area contributed by atoms with E-state index in [2.05, 4.69) is 15.0 Å². The lowest BCUT2D eigenvalue weighted by Crippen LogP contribution is -2.47. The van der Waals surface area contributed by atoms with Crippen molar-refractivity contribution in [1.29, 1.82) is 0 Å². The number of hydrogen-bond donors (Lipinski definition) is 2. The Morgan fingerprint density at radius 3 is 2.30 bits per heavy atom. The highest BCUT2D eigenvalue weighted by atomic mass is 35.5. The molecule has 44 heavy (non-hydrogen) atoms. The summed E-state index contributed by atoms with van der Waals surface area (Å²) in [4.78, 5) is 43.1. The van der Waals surface area contributed by atoms with Crippen LogP contribution >= 0.6 is 11.6 Å². The van der Waals surface area contributed by atoms with E-state index in [9.17, 15) is 31.9 Å². The maximum Gasteiger partial charge on any atom is 0.387 e. The second-order valence-electron chi connectivity index (χ2n) is 9.96. The second-order valence-corrected chi connectivity index (χ2v) is 11.1. The first-order valence-corrected chi connectivity index (χ1v) is 14.2. The van der Waals surface area contributed by atoms with Crippen molar-refractivity contribution in [2.45, 2.75) is 33.5 Å². The van der Waals surface area contributed by atoms with Gasteiger partial charge in [-0.2, -0.15) is 8.78 Å². The lowest BCUT2D eigenvalue weighted by atomic mass is 9.92. The van der Waals surface area contributed by atoms with Crippen LogP contribution in [0.4, 0.5) is 20.3 Å². The quantitative estimate of drug-likeness (QED) is 0.215. The molecule has 12 nitrogen and oxygen atoms in total. The van der Waals surface area contributed by atoms with Crippen LogP contribution in [-0.2, 0) is 29.2 Å². The van der Waals surface area contributed by atoms with E-state index < -0.39 is 47.0 Å². The highest BCUT2D eigenvalue weighted by Crippen LogP contribution is 2.25. The predicted octanol–water partition coefficient (Wildman–Crippen LogP) is 4.18. The Balaban J connectivity index is 1.62. The number of rotatable bonds is 12. The van der Waals surface area contributed by atoms with Gasteiger partial charge < -0.3 is 19.3 Å². The molecular formula is C28H25ClF2N5O7S-. The van der Waals surface area contributed by atoms with Gasteiger partial charge in [-0.15, -0.1) is 0 Å². The summed E-state index contributed by atoms with van der Waals surface area (Å²) >= 11 is 3.13. The fourth-order valence-corrected chi connectivity index (χ4v) is 4.50. The minimum absolute atomic E-state index is 0.0218. The predicted molar refractivity (Wildman–Crippen MR) is 157 cm³/mol. The van der Waals surface area contributed by atoms with E-state index in [4.69, 9.17) is 16.3 Å². The normalized spacial score (nSPS) is 12.1. The number of carbonyl (C=O) groups excluding carboxylic acids is 1. The average molecular weight is 649 g/mol. The molecule has 4 rings (SSSR count). The van der Waals surface area contributed by atoms with Gasteiger partial charge in [0.15, 0.2) is 0 Å². The third-order valence-electron chi connectivity index (χ3n) is 6.16. The van der Waals surface area contributed by atoms with Crippen LogP contribution in [0.3, 0.4) is 0 Å². The first-order chi connectivity index (χ1) is 20.8. The Labute approximate surface area is 256 Å². The molecule has 0 aliphatic carbocycles. The lowest BCUT2D eigenvalue weighted by molar-refractivity contribution is -0.128. The first-order valence-electron chi connectivity index (χ1n) is 12.8. The molecule has 0 saturated carbocycles. The van der Waals surface area contributed by atoms with Crippen LogP contribution in [-0.4, -0.2) is 35.4 Å². The van der Waals surface area contributed by atoms with Gasteiger partial charge in [-0.05, 0) is 61.9 Å².